The van der Waals surface area contributed by atoms with Gasteiger partial charge in [-0.05, 0) is 87.7 Å². The van der Waals surface area contributed by atoms with Crippen molar-refractivity contribution >= 4 is 50.7 Å². The molecule has 0 heterocycles. The summed E-state index contributed by atoms with van der Waals surface area (Å²) in [7, 11) is -4.20. The first kappa shape index (κ1) is 34.2. The van der Waals surface area contributed by atoms with Crippen molar-refractivity contribution in [1.29, 1.82) is 0 Å². The molecule has 0 spiro atoms. The standard InChI is InChI=1S/C32H39Cl2N3O5S/c1-6-23(5)35-32(39)30(7-2)36(20-24-11-12-25(33)19-29(24)34)31(38)21-37(26-13-9-22(4)10-14-26)43(40,41)28-17-15-27(16-18-28)42-8-3/h9-19,23,30H,6-8,20-21H2,1-5H3,(H,35,39)/t23-,30+/m0/s1. The van der Waals surface area contributed by atoms with Gasteiger partial charge >= 0.3 is 0 Å². The van der Waals surface area contributed by atoms with E-state index in [4.69, 9.17) is 27.9 Å². The van der Waals surface area contributed by atoms with E-state index in [-0.39, 0.29) is 23.4 Å². The van der Waals surface area contributed by atoms with E-state index in [2.05, 4.69) is 5.32 Å². The van der Waals surface area contributed by atoms with E-state index in [1.54, 1.807) is 61.5 Å². The highest BCUT2D eigenvalue weighted by molar-refractivity contribution is 7.92. The lowest BCUT2D eigenvalue weighted by Gasteiger charge is -2.34. The molecule has 0 aliphatic carbocycles. The molecule has 3 aromatic rings. The average Bonchev–Trinajstić information content (AvgIpc) is 2.97. The van der Waals surface area contributed by atoms with Gasteiger partial charge in [-0.15, -0.1) is 0 Å². The van der Waals surface area contributed by atoms with Gasteiger partial charge in [0.05, 0.1) is 17.2 Å². The Balaban J connectivity index is 2.07. The van der Waals surface area contributed by atoms with Crippen molar-refractivity contribution in [3.8, 4) is 5.75 Å². The van der Waals surface area contributed by atoms with Crippen LogP contribution in [0.2, 0.25) is 10.0 Å². The Morgan fingerprint density at radius 3 is 2.14 bits per heavy atom. The molecule has 0 bridgehead atoms. The number of rotatable bonds is 14. The largest absolute Gasteiger partial charge is 0.494 e. The topological polar surface area (TPSA) is 96.0 Å². The second-order valence-corrected chi connectivity index (χ2v) is 13.0. The molecule has 0 radical (unpaired) electrons. The molecule has 0 unspecified atom stereocenters. The van der Waals surface area contributed by atoms with Crippen LogP contribution in [0.25, 0.3) is 0 Å². The Labute approximate surface area is 265 Å². The molecule has 0 fully saturated rings. The van der Waals surface area contributed by atoms with Crippen LogP contribution in [0.3, 0.4) is 0 Å². The molecule has 11 heteroatoms. The highest BCUT2D eigenvalue weighted by Gasteiger charge is 2.34. The maximum atomic E-state index is 14.2. The summed E-state index contributed by atoms with van der Waals surface area (Å²) >= 11 is 12.6. The first-order valence-corrected chi connectivity index (χ1v) is 16.5. The summed E-state index contributed by atoms with van der Waals surface area (Å²) in [5.74, 6) is -0.359. The lowest BCUT2D eigenvalue weighted by molar-refractivity contribution is -0.140. The third-order valence-corrected chi connectivity index (χ3v) is 9.44. The Morgan fingerprint density at radius 2 is 1.58 bits per heavy atom. The number of nitrogens with zero attached hydrogens (tertiary/aromatic N) is 2. The predicted molar refractivity (Wildman–Crippen MR) is 172 cm³/mol. The minimum absolute atomic E-state index is 0.00169. The second kappa shape index (κ2) is 15.5. The smallest absolute Gasteiger partial charge is 0.264 e. The number of carbonyl (C=O) groups excluding carboxylic acids is 2. The van der Waals surface area contributed by atoms with Crippen molar-refractivity contribution < 1.29 is 22.7 Å². The Kier molecular flexibility index (Phi) is 12.3. The Morgan fingerprint density at radius 1 is 0.930 bits per heavy atom. The van der Waals surface area contributed by atoms with Gasteiger partial charge < -0.3 is 15.0 Å². The number of hydrogen-bond donors (Lipinski definition) is 1. The van der Waals surface area contributed by atoms with Crippen LogP contribution in [-0.2, 0) is 26.2 Å². The first-order valence-electron chi connectivity index (χ1n) is 14.3. The summed E-state index contributed by atoms with van der Waals surface area (Å²) in [6.45, 7) is 9.24. The molecule has 0 saturated carbocycles. The normalized spacial score (nSPS) is 12.7. The number of amides is 2. The number of hydrogen-bond acceptors (Lipinski definition) is 5. The van der Waals surface area contributed by atoms with E-state index in [1.165, 1.54) is 17.0 Å². The van der Waals surface area contributed by atoms with E-state index in [1.807, 2.05) is 27.7 Å². The van der Waals surface area contributed by atoms with Gasteiger partial charge in [-0.1, -0.05) is 60.8 Å². The van der Waals surface area contributed by atoms with Gasteiger partial charge in [0.25, 0.3) is 10.0 Å². The summed E-state index contributed by atoms with van der Waals surface area (Å²) in [6, 6.07) is 16.8. The summed E-state index contributed by atoms with van der Waals surface area (Å²) in [5.41, 5.74) is 1.82. The molecular formula is C32H39Cl2N3O5S. The number of aryl methyl sites for hydroxylation is 1. The van der Waals surface area contributed by atoms with Crippen LogP contribution in [-0.4, -0.2) is 50.4 Å². The van der Waals surface area contributed by atoms with E-state index in [0.717, 1.165) is 9.87 Å². The minimum atomic E-state index is -4.20. The van der Waals surface area contributed by atoms with Gasteiger partial charge in [0.2, 0.25) is 11.8 Å². The molecule has 2 amide bonds. The summed E-state index contributed by atoms with van der Waals surface area (Å²) < 4.78 is 34.6. The maximum absolute atomic E-state index is 14.2. The lowest BCUT2D eigenvalue weighted by Crippen LogP contribution is -2.53. The van der Waals surface area contributed by atoms with Gasteiger partial charge in [-0.3, -0.25) is 13.9 Å². The number of carbonyl (C=O) groups is 2. The van der Waals surface area contributed by atoms with E-state index in [9.17, 15) is 18.0 Å². The second-order valence-electron chi connectivity index (χ2n) is 10.3. The van der Waals surface area contributed by atoms with Gasteiger partial charge in [0.15, 0.2) is 0 Å². The number of anilines is 1. The zero-order valence-electron chi connectivity index (χ0n) is 25.1. The fourth-order valence-electron chi connectivity index (χ4n) is 4.44. The molecule has 0 aliphatic rings. The number of benzene rings is 3. The van der Waals surface area contributed by atoms with Crippen LogP contribution in [0.5, 0.6) is 5.75 Å². The van der Waals surface area contributed by atoms with Gasteiger partial charge in [-0.2, -0.15) is 0 Å². The minimum Gasteiger partial charge on any atom is -0.494 e. The van der Waals surface area contributed by atoms with Crippen molar-refractivity contribution in [1.82, 2.24) is 10.2 Å². The SMILES string of the molecule is CCOc1ccc(S(=O)(=O)N(CC(=O)N(Cc2ccc(Cl)cc2Cl)[C@H](CC)C(=O)N[C@@H](C)CC)c2ccc(C)cc2)cc1. The summed E-state index contributed by atoms with van der Waals surface area (Å²) in [4.78, 5) is 29.0. The monoisotopic (exact) mass is 647 g/mol. The molecule has 0 saturated heterocycles. The van der Waals surface area contributed by atoms with Crippen molar-refractivity contribution in [3.05, 3.63) is 87.9 Å². The van der Waals surface area contributed by atoms with Crippen molar-refractivity contribution in [2.75, 3.05) is 17.5 Å². The average molecular weight is 649 g/mol. The highest BCUT2D eigenvalue weighted by atomic mass is 35.5. The maximum Gasteiger partial charge on any atom is 0.264 e. The van der Waals surface area contributed by atoms with Crippen LogP contribution < -0.4 is 14.4 Å². The third-order valence-electron chi connectivity index (χ3n) is 7.07. The van der Waals surface area contributed by atoms with Crippen molar-refractivity contribution in [2.24, 2.45) is 0 Å². The molecule has 43 heavy (non-hydrogen) atoms. The lowest BCUT2D eigenvalue weighted by atomic mass is 10.1. The zero-order chi connectivity index (χ0) is 31.7. The van der Waals surface area contributed by atoms with E-state index >= 15 is 0 Å². The fourth-order valence-corrected chi connectivity index (χ4v) is 6.32. The molecule has 232 valence electrons. The quantitative estimate of drug-likeness (QED) is 0.212. The molecule has 3 aromatic carbocycles. The fraction of sp³-hybridized carbons (Fsp3) is 0.375. The Hall–Kier alpha value is -3.27. The van der Waals surface area contributed by atoms with Crippen LogP contribution >= 0.6 is 23.2 Å². The third kappa shape index (κ3) is 8.87. The molecule has 8 nitrogen and oxygen atoms in total. The van der Waals surface area contributed by atoms with Crippen LogP contribution in [0.1, 0.15) is 51.7 Å². The summed E-state index contributed by atoms with van der Waals surface area (Å²) in [5, 5.41) is 3.72. The molecule has 0 aliphatic heterocycles. The molecule has 3 rings (SSSR count). The van der Waals surface area contributed by atoms with Crippen LogP contribution in [0.4, 0.5) is 5.69 Å². The van der Waals surface area contributed by atoms with Gasteiger partial charge in [0.1, 0.15) is 18.3 Å². The van der Waals surface area contributed by atoms with Gasteiger partial charge in [-0.25, -0.2) is 8.42 Å². The zero-order valence-corrected chi connectivity index (χ0v) is 27.5. The highest BCUT2D eigenvalue weighted by Crippen LogP contribution is 2.28. The molecule has 2 atom stereocenters. The summed E-state index contributed by atoms with van der Waals surface area (Å²) in [6.07, 6.45) is 1.01. The molecule has 1 N–H and O–H groups in total. The van der Waals surface area contributed by atoms with Crippen LogP contribution in [0, 0.1) is 6.92 Å². The molecule has 0 aromatic heterocycles. The number of halogens is 2. The number of nitrogens with one attached hydrogen (secondary N) is 1. The van der Waals surface area contributed by atoms with Crippen molar-refractivity contribution in [3.63, 3.8) is 0 Å². The molecular weight excluding hydrogens is 609 g/mol. The van der Waals surface area contributed by atoms with Crippen LogP contribution in [0.15, 0.2) is 71.6 Å². The van der Waals surface area contributed by atoms with Gasteiger partial charge in [0, 0.05) is 22.6 Å². The number of sulfonamides is 1. The predicted octanol–water partition coefficient (Wildman–Crippen LogP) is 6.62. The Bertz CT molecular complexity index is 1500. The number of ether oxygens (including phenoxy) is 1. The van der Waals surface area contributed by atoms with Crippen molar-refractivity contribution in [2.45, 2.75) is 71.0 Å². The first-order chi connectivity index (χ1) is 20.4. The van der Waals surface area contributed by atoms with E-state index < -0.39 is 28.5 Å². The van der Waals surface area contributed by atoms with E-state index in [0.29, 0.717) is 46.5 Å².